The Morgan fingerprint density at radius 2 is 2.29 bits per heavy atom. The maximum absolute atomic E-state index is 11.9. The molecule has 0 saturated heterocycles. The van der Waals surface area contributed by atoms with Crippen LogP contribution in [-0.4, -0.2) is 5.78 Å². The van der Waals surface area contributed by atoms with Crippen LogP contribution in [0.4, 0.5) is 0 Å². The molecule has 0 bridgehead atoms. The van der Waals surface area contributed by atoms with Gasteiger partial charge in [0.05, 0.1) is 0 Å². The van der Waals surface area contributed by atoms with Crippen molar-refractivity contribution in [1.82, 2.24) is 0 Å². The number of fused-ring (bicyclic) bond motifs is 2. The van der Waals surface area contributed by atoms with E-state index in [1.54, 1.807) is 6.08 Å². The molecule has 0 spiro atoms. The molecule has 0 aromatic rings. The van der Waals surface area contributed by atoms with Crippen LogP contribution >= 0.6 is 0 Å². The molecule has 3 aliphatic carbocycles. The Kier molecular flexibility index (Phi) is 1.40. The topological polar surface area (TPSA) is 17.1 Å². The summed E-state index contributed by atoms with van der Waals surface area (Å²) in [6.07, 6.45) is 9.56. The number of rotatable bonds is 0. The molecule has 3 aliphatic rings. The van der Waals surface area contributed by atoms with Crippen LogP contribution in [0, 0.1) is 0 Å². The summed E-state index contributed by atoms with van der Waals surface area (Å²) in [4.78, 5) is 11.9. The molecule has 14 heavy (non-hydrogen) atoms. The molecule has 0 aromatic heterocycles. The van der Waals surface area contributed by atoms with Gasteiger partial charge in [0.15, 0.2) is 5.78 Å². The summed E-state index contributed by atoms with van der Waals surface area (Å²) >= 11 is 0. The first-order valence-corrected chi connectivity index (χ1v) is 4.75. The minimum absolute atomic E-state index is 0.149. The number of allylic oxidation sites excluding steroid dienone is 8. The Labute approximate surface area is 82.1 Å². The molecule has 3 rings (SSSR count). The maximum atomic E-state index is 11.9. The van der Waals surface area contributed by atoms with Crippen molar-refractivity contribution >= 4 is 5.78 Å². The molecule has 0 N–H and O–H groups in total. The van der Waals surface area contributed by atoms with Gasteiger partial charge in [0.25, 0.3) is 0 Å². The fourth-order valence-electron chi connectivity index (χ4n) is 2.10. The van der Waals surface area contributed by atoms with Gasteiger partial charge in [-0.05, 0) is 30.6 Å². The van der Waals surface area contributed by atoms with Gasteiger partial charge in [-0.15, -0.1) is 0 Å². The van der Waals surface area contributed by atoms with Gasteiger partial charge in [-0.3, -0.25) is 4.79 Å². The van der Waals surface area contributed by atoms with Gasteiger partial charge >= 0.3 is 0 Å². The van der Waals surface area contributed by atoms with Crippen molar-refractivity contribution in [3.63, 3.8) is 0 Å². The quantitative estimate of drug-likeness (QED) is 0.523. The van der Waals surface area contributed by atoms with E-state index in [1.807, 2.05) is 12.2 Å². The summed E-state index contributed by atoms with van der Waals surface area (Å²) in [6.45, 7) is 0. The van der Waals surface area contributed by atoms with Crippen molar-refractivity contribution in [3.05, 3.63) is 58.1 Å². The lowest BCUT2D eigenvalue weighted by Gasteiger charge is -2.06. The zero-order valence-corrected chi connectivity index (χ0v) is 7.63. The van der Waals surface area contributed by atoms with E-state index in [2.05, 4.69) is 17.5 Å². The van der Waals surface area contributed by atoms with E-state index < -0.39 is 0 Å². The predicted octanol–water partition coefficient (Wildman–Crippen LogP) is 2.39. The standard InChI is InChI=1S/C13H8O/c14-13-11-7-3-1-5-9(11)10-6-2-4-8-12(10)13/h3-4,7-8H,1,5H2. The minimum Gasteiger partial charge on any atom is -0.289 e. The van der Waals surface area contributed by atoms with Gasteiger partial charge in [0, 0.05) is 16.7 Å². The molecule has 1 heteroatoms. The zero-order chi connectivity index (χ0) is 9.54. The first-order valence-electron chi connectivity index (χ1n) is 4.75. The molecule has 0 radical (unpaired) electrons. The molecular formula is C13H8O. The van der Waals surface area contributed by atoms with Crippen molar-refractivity contribution in [2.45, 2.75) is 12.8 Å². The van der Waals surface area contributed by atoms with Crippen molar-refractivity contribution in [3.8, 4) is 0 Å². The summed E-state index contributed by atoms with van der Waals surface area (Å²) in [6, 6.07) is 0. The molecule has 1 nitrogen and oxygen atoms in total. The SMILES string of the molecule is O=C1C2=CC=C=C=C2C2=C1C=CCC2. The molecule has 0 fully saturated rings. The highest BCUT2D eigenvalue weighted by Crippen LogP contribution is 2.38. The highest BCUT2D eigenvalue weighted by atomic mass is 16.1. The summed E-state index contributed by atoms with van der Waals surface area (Å²) in [7, 11) is 0. The van der Waals surface area contributed by atoms with E-state index in [9.17, 15) is 4.79 Å². The van der Waals surface area contributed by atoms with Crippen LogP contribution in [0.2, 0.25) is 0 Å². The second kappa shape index (κ2) is 2.59. The van der Waals surface area contributed by atoms with E-state index in [4.69, 9.17) is 0 Å². The third kappa shape index (κ3) is 0.831. The largest absolute Gasteiger partial charge is 0.289 e. The summed E-state index contributed by atoms with van der Waals surface area (Å²) in [5.74, 6) is 0.149. The number of Topliss-reactive ketones (excluding diaryl/α,β-unsaturated/α-hetero) is 1. The molecule has 0 unspecified atom stereocenters. The van der Waals surface area contributed by atoms with Crippen molar-refractivity contribution in [2.75, 3.05) is 0 Å². The lowest BCUT2D eigenvalue weighted by molar-refractivity contribution is -0.111. The van der Waals surface area contributed by atoms with Gasteiger partial charge in [-0.1, -0.05) is 23.6 Å². The van der Waals surface area contributed by atoms with Crippen molar-refractivity contribution < 1.29 is 4.79 Å². The molecule has 0 atom stereocenters. The van der Waals surface area contributed by atoms with Gasteiger partial charge in [0.1, 0.15) is 0 Å². The van der Waals surface area contributed by atoms with Crippen molar-refractivity contribution in [2.24, 2.45) is 0 Å². The second-order valence-corrected chi connectivity index (χ2v) is 3.55. The van der Waals surface area contributed by atoms with Crippen LogP contribution in [0.15, 0.2) is 58.1 Å². The summed E-state index contributed by atoms with van der Waals surface area (Å²) in [5, 5.41) is 0. The molecule has 0 aromatic carbocycles. The van der Waals surface area contributed by atoms with Crippen LogP contribution in [-0.2, 0) is 4.79 Å². The number of hydrogen-bond donors (Lipinski definition) is 0. The zero-order valence-electron chi connectivity index (χ0n) is 7.63. The molecule has 0 amide bonds. The number of hydrogen-bond acceptors (Lipinski definition) is 1. The van der Waals surface area contributed by atoms with Gasteiger partial charge in [-0.25, -0.2) is 0 Å². The van der Waals surface area contributed by atoms with Crippen molar-refractivity contribution in [1.29, 1.82) is 0 Å². The Hall–Kier alpha value is -1.81. The molecular weight excluding hydrogens is 172 g/mol. The summed E-state index contributed by atoms with van der Waals surface area (Å²) < 4.78 is 0. The third-order valence-corrected chi connectivity index (χ3v) is 2.76. The van der Waals surface area contributed by atoms with Crippen LogP contribution < -0.4 is 0 Å². The molecule has 66 valence electrons. The number of carbonyl (C=O) groups is 1. The Morgan fingerprint density at radius 3 is 3.21 bits per heavy atom. The third-order valence-electron chi connectivity index (χ3n) is 2.76. The minimum atomic E-state index is 0.149. The summed E-state index contributed by atoms with van der Waals surface area (Å²) in [5.41, 5.74) is 9.73. The van der Waals surface area contributed by atoms with E-state index in [0.29, 0.717) is 0 Å². The predicted molar refractivity (Wildman–Crippen MR) is 53.6 cm³/mol. The fourth-order valence-corrected chi connectivity index (χ4v) is 2.10. The average molecular weight is 180 g/mol. The Morgan fingerprint density at radius 1 is 1.36 bits per heavy atom. The lowest BCUT2D eigenvalue weighted by Crippen LogP contribution is -1.98. The first-order chi connectivity index (χ1) is 6.88. The molecule has 0 saturated carbocycles. The van der Waals surface area contributed by atoms with Gasteiger partial charge < -0.3 is 0 Å². The first kappa shape index (κ1) is 7.58. The fraction of sp³-hybridized carbons (Fsp3) is 0.154. The maximum Gasteiger partial charge on any atom is 0.194 e. The smallest absolute Gasteiger partial charge is 0.194 e. The van der Waals surface area contributed by atoms with E-state index >= 15 is 0 Å². The Bertz CT molecular complexity index is 526. The molecule has 0 aliphatic heterocycles. The normalized spacial score (nSPS) is 22.1. The molecule has 0 heterocycles. The van der Waals surface area contributed by atoms with E-state index in [0.717, 1.165) is 35.1 Å². The van der Waals surface area contributed by atoms with E-state index in [1.165, 1.54) is 0 Å². The van der Waals surface area contributed by atoms with Crippen LogP contribution in [0.25, 0.3) is 0 Å². The highest BCUT2D eigenvalue weighted by molar-refractivity contribution is 6.19. The van der Waals surface area contributed by atoms with Gasteiger partial charge in [-0.2, -0.15) is 0 Å². The monoisotopic (exact) mass is 180 g/mol. The highest BCUT2D eigenvalue weighted by Gasteiger charge is 2.31. The van der Waals surface area contributed by atoms with Crippen LogP contribution in [0.3, 0.4) is 0 Å². The Balaban J connectivity index is 2.31. The second-order valence-electron chi connectivity index (χ2n) is 3.55. The number of ketones is 1. The van der Waals surface area contributed by atoms with E-state index in [-0.39, 0.29) is 5.78 Å². The van der Waals surface area contributed by atoms with Crippen LogP contribution in [0.5, 0.6) is 0 Å². The number of carbonyl (C=O) groups excluding carboxylic acids is 1. The van der Waals surface area contributed by atoms with Crippen LogP contribution in [0.1, 0.15) is 12.8 Å². The lowest BCUT2D eigenvalue weighted by atomic mass is 9.97. The average Bonchev–Trinajstić information content (AvgIpc) is 2.55. The van der Waals surface area contributed by atoms with Gasteiger partial charge in [0.2, 0.25) is 0 Å².